The molecule has 0 aromatic rings. The van der Waals surface area contributed by atoms with Gasteiger partial charge >= 0.3 is 11.7 Å². The second-order valence-corrected chi connectivity index (χ2v) is 3.07. The molecule has 0 N–H and O–H groups in total. The molecule has 0 saturated heterocycles. The minimum absolute atomic E-state index is 0.375. The van der Waals surface area contributed by atoms with E-state index < -0.39 is 0 Å². The van der Waals surface area contributed by atoms with Crippen LogP contribution in [-0.4, -0.2) is 5.25 Å². The normalized spacial score (nSPS) is 24.1. The highest BCUT2D eigenvalue weighted by Crippen LogP contribution is 2.32. The summed E-state index contributed by atoms with van der Waals surface area (Å²) < 4.78 is 10.0. The Morgan fingerprint density at radius 1 is 1.71 bits per heavy atom. The SMILES string of the molecule is CC([S+]=O)C1CC1. The molecule has 2 heteroatoms. The molecule has 7 heavy (non-hydrogen) atoms. The average Bonchev–Trinajstić information content (AvgIpc) is 2.44. The van der Waals surface area contributed by atoms with Gasteiger partial charge in [0.25, 0.3) is 0 Å². The van der Waals surface area contributed by atoms with E-state index in [9.17, 15) is 4.21 Å². The Labute approximate surface area is 47.6 Å². The third-order valence-electron chi connectivity index (χ3n) is 1.44. The lowest BCUT2D eigenvalue weighted by Gasteiger charge is -1.78. The van der Waals surface area contributed by atoms with Gasteiger partial charge in [0.05, 0.1) is 0 Å². The maximum absolute atomic E-state index is 10.0. The summed E-state index contributed by atoms with van der Waals surface area (Å²) in [6.45, 7) is 2.01. The number of rotatable bonds is 2. The zero-order valence-corrected chi connectivity index (χ0v) is 5.20. The lowest BCUT2D eigenvalue weighted by atomic mass is 10.3. The lowest BCUT2D eigenvalue weighted by Crippen LogP contribution is -1.99. The van der Waals surface area contributed by atoms with Crippen molar-refractivity contribution in [2.24, 2.45) is 5.92 Å². The summed E-state index contributed by atoms with van der Waals surface area (Å²) in [5, 5.41) is 0.375. The molecule has 1 fully saturated rings. The van der Waals surface area contributed by atoms with Crippen LogP contribution in [0.15, 0.2) is 0 Å². The third-order valence-corrected chi connectivity index (χ3v) is 2.13. The number of hydrogen-bond donors (Lipinski definition) is 0. The van der Waals surface area contributed by atoms with Crippen LogP contribution < -0.4 is 0 Å². The van der Waals surface area contributed by atoms with Gasteiger partial charge in [-0.3, -0.25) is 0 Å². The molecule has 0 heterocycles. The second kappa shape index (κ2) is 1.86. The van der Waals surface area contributed by atoms with Crippen LogP contribution in [0.2, 0.25) is 0 Å². The average molecular weight is 117 g/mol. The van der Waals surface area contributed by atoms with E-state index in [1.807, 2.05) is 6.92 Å². The van der Waals surface area contributed by atoms with E-state index in [2.05, 4.69) is 0 Å². The summed E-state index contributed by atoms with van der Waals surface area (Å²) in [7, 11) is 0. The first kappa shape index (κ1) is 5.16. The molecule has 1 atom stereocenters. The Morgan fingerprint density at radius 3 is 2.43 bits per heavy atom. The molecule has 0 aromatic carbocycles. The zero-order chi connectivity index (χ0) is 5.28. The Morgan fingerprint density at radius 2 is 2.29 bits per heavy atom. The topological polar surface area (TPSA) is 17.1 Å². The summed E-state index contributed by atoms with van der Waals surface area (Å²) in [6, 6.07) is 0. The fourth-order valence-corrected chi connectivity index (χ4v) is 1.07. The third kappa shape index (κ3) is 1.20. The smallest absolute Gasteiger partial charge is 0.0444 e. The summed E-state index contributed by atoms with van der Waals surface area (Å²) in [5.74, 6) is 0.766. The summed E-state index contributed by atoms with van der Waals surface area (Å²) in [4.78, 5) is 0. The molecule has 0 aliphatic heterocycles. The second-order valence-electron chi connectivity index (χ2n) is 2.14. The van der Waals surface area contributed by atoms with Crippen LogP contribution >= 0.6 is 0 Å². The van der Waals surface area contributed by atoms with E-state index in [0.29, 0.717) is 5.25 Å². The highest BCUT2D eigenvalue weighted by atomic mass is 32.1. The molecular formula is C5H9OS+. The molecule has 1 nitrogen and oxygen atoms in total. The molecule has 1 rings (SSSR count). The largest absolute Gasteiger partial charge is 0.462 e. The van der Waals surface area contributed by atoms with Gasteiger partial charge in [0.2, 0.25) is 5.25 Å². The molecule has 0 bridgehead atoms. The van der Waals surface area contributed by atoms with Crippen LogP contribution in [-0.2, 0) is 15.9 Å². The van der Waals surface area contributed by atoms with E-state index in [-0.39, 0.29) is 0 Å². The Hall–Kier alpha value is 0.0200. The number of hydrogen-bond acceptors (Lipinski definition) is 1. The molecular weight excluding hydrogens is 108 g/mol. The maximum atomic E-state index is 10.0. The molecule has 0 radical (unpaired) electrons. The fourth-order valence-electron chi connectivity index (χ4n) is 0.644. The van der Waals surface area contributed by atoms with Crippen molar-refractivity contribution in [3.8, 4) is 0 Å². The molecule has 1 unspecified atom stereocenters. The van der Waals surface area contributed by atoms with Gasteiger partial charge in [-0.2, -0.15) is 0 Å². The predicted octanol–water partition coefficient (Wildman–Crippen LogP) is 1.21. The molecule has 0 spiro atoms. The van der Waals surface area contributed by atoms with Crippen LogP contribution in [0.1, 0.15) is 19.8 Å². The van der Waals surface area contributed by atoms with Crippen LogP contribution in [0, 0.1) is 5.92 Å². The molecule has 0 aromatic heterocycles. The summed E-state index contributed by atoms with van der Waals surface area (Å²) in [6.07, 6.45) is 2.58. The maximum Gasteiger partial charge on any atom is 0.462 e. The van der Waals surface area contributed by atoms with Gasteiger partial charge in [0.15, 0.2) is 0 Å². The minimum atomic E-state index is 0.375. The van der Waals surface area contributed by atoms with Crippen molar-refractivity contribution in [1.29, 1.82) is 0 Å². The first-order chi connectivity index (χ1) is 3.34. The van der Waals surface area contributed by atoms with Gasteiger partial charge in [-0.1, -0.05) is 0 Å². The van der Waals surface area contributed by atoms with E-state index in [1.165, 1.54) is 12.8 Å². The Kier molecular flexibility index (Phi) is 1.38. The molecule has 1 aliphatic carbocycles. The quantitative estimate of drug-likeness (QED) is 0.497. The summed E-state index contributed by atoms with van der Waals surface area (Å²) in [5.41, 5.74) is 0. The van der Waals surface area contributed by atoms with Crippen LogP contribution in [0.4, 0.5) is 0 Å². The molecule has 1 aliphatic rings. The van der Waals surface area contributed by atoms with Crippen molar-refractivity contribution in [3.05, 3.63) is 0 Å². The first-order valence-electron chi connectivity index (χ1n) is 2.63. The van der Waals surface area contributed by atoms with Crippen molar-refractivity contribution in [3.63, 3.8) is 0 Å². The van der Waals surface area contributed by atoms with Gasteiger partial charge < -0.3 is 0 Å². The Bertz CT molecular complexity index is 78.1. The van der Waals surface area contributed by atoms with Gasteiger partial charge in [0.1, 0.15) is 0 Å². The lowest BCUT2D eigenvalue weighted by molar-refractivity contribution is 0.594. The van der Waals surface area contributed by atoms with Gasteiger partial charge in [-0.25, -0.2) is 0 Å². The minimum Gasteiger partial charge on any atom is -0.0444 e. The monoisotopic (exact) mass is 117 g/mol. The van der Waals surface area contributed by atoms with Crippen LogP contribution in [0.5, 0.6) is 0 Å². The van der Waals surface area contributed by atoms with Gasteiger partial charge in [0, 0.05) is 10.1 Å². The van der Waals surface area contributed by atoms with Crippen molar-refractivity contribution >= 4 is 11.7 Å². The van der Waals surface area contributed by atoms with E-state index >= 15 is 0 Å². The van der Waals surface area contributed by atoms with E-state index in [0.717, 1.165) is 17.6 Å². The highest BCUT2D eigenvalue weighted by Gasteiger charge is 2.36. The summed E-state index contributed by atoms with van der Waals surface area (Å²) >= 11 is 0.745. The zero-order valence-electron chi connectivity index (χ0n) is 4.39. The first-order valence-corrected chi connectivity index (χ1v) is 3.43. The van der Waals surface area contributed by atoms with E-state index in [1.54, 1.807) is 0 Å². The van der Waals surface area contributed by atoms with Gasteiger partial charge in [-0.15, -0.1) is 0 Å². The van der Waals surface area contributed by atoms with Crippen LogP contribution in [0.3, 0.4) is 0 Å². The van der Waals surface area contributed by atoms with Crippen molar-refractivity contribution in [2.75, 3.05) is 0 Å². The van der Waals surface area contributed by atoms with Crippen LogP contribution in [0.25, 0.3) is 0 Å². The predicted molar refractivity (Wildman–Crippen MR) is 30.2 cm³/mol. The van der Waals surface area contributed by atoms with Crippen molar-refractivity contribution in [1.82, 2.24) is 0 Å². The molecule has 40 valence electrons. The van der Waals surface area contributed by atoms with Crippen molar-refractivity contribution < 1.29 is 4.21 Å². The fraction of sp³-hybridized carbons (Fsp3) is 1.00. The standard InChI is InChI=1S/C5H9OS/c1-4(7-6)5-2-3-5/h4-5H,2-3H2,1H3/q+1. The van der Waals surface area contributed by atoms with Gasteiger partial charge in [-0.05, 0) is 19.8 Å². The molecule has 1 saturated carbocycles. The Balaban J connectivity index is 2.22. The highest BCUT2D eigenvalue weighted by molar-refractivity contribution is 7.66. The molecule has 0 amide bonds. The van der Waals surface area contributed by atoms with E-state index in [4.69, 9.17) is 0 Å². The van der Waals surface area contributed by atoms with Crippen molar-refractivity contribution in [2.45, 2.75) is 25.0 Å².